The molecule has 0 saturated heterocycles. The van der Waals surface area contributed by atoms with Gasteiger partial charge in [0.2, 0.25) is 0 Å². The van der Waals surface area contributed by atoms with Crippen molar-refractivity contribution in [2.45, 2.75) is 19.3 Å². The first-order valence-electron chi connectivity index (χ1n) is 5.93. The van der Waals surface area contributed by atoms with Crippen LogP contribution in [0.5, 0.6) is 11.5 Å². The summed E-state index contributed by atoms with van der Waals surface area (Å²) in [6.45, 7) is 2.56. The molecule has 0 unspecified atom stereocenters. The highest BCUT2D eigenvalue weighted by atomic mass is 16.5. The molecule has 0 bridgehead atoms. The Hall–Kier alpha value is -1.22. The van der Waals surface area contributed by atoms with E-state index in [1.165, 1.54) is 5.56 Å². The zero-order chi connectivity index (χ0) is 11.2. The zero-order valence-electron chi connectivity index (χ0n) is 9.79. The third kappa shape index (κ3) is 2.89. The van der Waals surface area contributed by atoms with Crippen LogP contribution >= 0.6 is 0 Å². The molecule has 1 N–H and O–H groups in total. The number of nitrogens with one attached hydrogen (secondary N) is 1. The molecular weight excluding hydrogens is 202 g/mol. The van der Waals surface area contributed by atoms with Crippen LogP contribution in [0.3, 0.4) is 0 Å². The Bertz CT molecular complexity index is 339. The maximum absolute atomic E-state index is 5.65. The van der Waals surface area contributed by atoms with Gasteiger partial charge in [0, 0.05) is 6.42 Å². The largest absolute Gasteiger partial charge is 0.490 e. The molecule has 1 heterocycles. The van der Waals surface area contributed by atoms with E-state index in [1.54, 1.807) is 0 Å². The van der Waals surface area contributed by atoms with Gasteiger partial charge in [0.1, 0.15) is 0 Å². The molecular formula is C13H19NO2. The molecule has 1 aliphatic heterocycles. The molecule has 0 fully saturated rings. The minimum Gasteiger partial charge on any atom is -0.490 e. The van der Waals surface area contributed by atoms with Crippen molar-refractivity contribution < 1.29 is 9.47 Å². The summed E-state index contributed by atoms with van der Waals surface area (Å²) in [5.41, 5.74) is 1.32. The second-order valence-corrected chi connectivity index (χ2v) is 4.04. The normalized spacial score (nSPS) is 14.6. The van der Waals surface area contributed by atoms with Gasteiger partial charge in [-0.15, -0.1) is 0 Å². The summed E-state index contributed by atoms with van der Waals surface area (Å²) in [6, 6.07) is 6.26. The van der Waals surface area contributed by atoms with E-state index in [9.17, 15) is 0 Å². The summed E-state index contributed by atoms with van der Waals surface area (Å²) in [5.74, 6) is 1.79. The van der Waals surface area contributed by atoms with Crippen molar-refractivity contribution in [1.29, 1.82) is 0 Å². The lowest BCUT2D eigenvalue weighted by molar-refractivity contribution is 0.297. The van der Waals surface area contributed by atoms with E-state index < -0.39 is 0 Å². The predicted molar refractivity (Wildman–Crippen MR) is 64.3 cm³/mol. The van der Waals surface area contributed by atoms with Crippen molar-refractivity contribution in [2.24, 2.45) is 0 Å². The van der Waals surface area contributed by atoms with Crippen LogP contribution in [0.4, 0.5) is 0 Å². The molecule has 0 aliphatic carbocycles. The van der Waals surface area contributed by atoms with Crippen molar-refractivity contribution in [3.63, 3.8) is 0 Å². The number of benzene rings is 1. The highest BCUT2D eigenvalue weighted by Crippen LogP contribution is 2.30. The smallest absolute Gasteiger partial charge is 0.161 e. The Morgan fingerprint density at radius 2 is 2.00 bits per heavy atom. The number of hydrogen-bond donors (Lipinski definition) is 1. The number of rotatable bonds is 4. The predicted octanol–water partition coefficient (Wildman–Crippen LogP) is 2.00. The average molecular weight is 221 g/mol. The molecule has 0 saturated carbocycles. The Labute approximate surface area is 96.8 Å². The van der Waals surface area contributed by atoms with Gasteiger partial charge >= 0.3 is 0 Å². The summed E-state index contributed by atoms with van der Waals surface area (Å²) in [7, 11) is 1.98. The Morgan fingerprint density at radius 1 is 1.19 bits per heavy atom. The first-order chi connectivity index (χ1) is 7.90. The minimum absolute atomic E-state index is 0.756. The van der Waals surface area contributed by atoms with Crippen molar-refractivity contribution in [3.05, 3.63) is 23.8 Å². The van der Waals surface area contributed by atoms with E-state index in [1.807, 2.05) is 13.1 Å². The first kappa shape index (κ1) is 11.3. The number of ether oxygens (including phenoxy) is 2. The second-order valence-electron chi connectivity index (χ2n) is 4.04. The molecule has 0 radical (unpaired) electrons. The Kier molecular flexibility index (Phi) is 4.05. The molecule has 0 spiro atoms. The monoisotopic (exact) mass is 221 g/mol. The molecule has 3 nitrogen and oxygen atoms in total. The summed E-state index contributed by atoms with van der Waals surface area (Å²) >= 11 is 0. The fraction of sp³-hybridized carbons (Fsp3) is 0.538. The Balaban J connectivity index is 2.02. The van der Waals surface area contributed by atoms with Crippen LogP contribution in [0.15, 0.2) is 18.2 Å². The van der Waals surface area contributed by atoms with E-state index in [0.717, 1.165) is 50.5 Å². The molecule has 16 heavy (non-hydrogen) atoms. The lowest BCUT2D eigenvalue weighted by Gasteiger charge is -2.09. The van der Waals surface area contributed by atoms with Gasteiger partial charge in [0.05, 0.1) is 13.2 Å². The van der Waals surface area contributed by atoms with Crippen molar-refractivity contribution >= 4 is 0 Å². The van der Waals surface area contributed by atoms with Gasteiger partial charge < -0.3 is 14.8 Å². The third-order valence-electron chi connectivity index (χ3n) is 2.70. The van der Waals surface area contributed by atoms with Crippen LogP contribution in [0, 0.1) is 0 Å². The molecule has 0 aromatic heterocycles. The average Bonchev–Trinajstić information content (AvgIpc) is 2.54. The maximum atomic E-state index is 5.65. The van der Waals surface area contributed by atoms with Crippen molar-refractivity contribution in [1.82, 2.24) is 5.32 Å². The highest BCUT2D eigenvalue weighted by Gasteiger charge is 2.10. The van der Waals surface area contributed by atoms with Gasteiger partial charge in [-0.05, 0) is 44.1 Å². The third-order valence-corrected chi connectivity index (χ3v) is 2.70. The van der Waals surface area contributed by atoms with Crippen molar-refractivity contribution in [3.8, 4) is 11.5 Å². The summed E-state index contributed by atoms with van der Waals surface area (Å²) in [5, 5.41) is 3.15. The molecule has 2 rings (SSSR count). The van der Waals surface area contributed by atoms with E-state index in [0.29, 0.717) is 0 Å². The van der Waals surface area contributed by atoms with Gasteiger partial charge in [-0.2, -0.15) is 0 Å². The van der Waals surface area contributed by atoms with Gasteiger partial charge in [0.15, 0.2) is 11.5 Å². The molecule has 1 aliphatic rings. The van der Waals surface area contributed by atoms with E-state index in [2.05, 4.69) is 17.4 Å². The molecule has 88 valence electrons. The van der Waals surface area contributed by atoms with Crippen LogP contribution in [-0.4, -0.2) is 26.8 Å². The van der Waals surface area contributed by atoms with Gasteiger partial charge in [-0.1, -0.05) is 6.07 Å². The standard InChI is InChI=1S/C13H19NO2/c1-14-7-2-4-11-5-6-12-13(10-11)16-9-3-8-15-12/h5-6,10,14H,2-4,7-9H2,1H3. The van der Waals surface area contributed by atoms with E-state index in [-0.39, 0.29) is 0 Å². The maximum Gasteiger partial charge on any atom is 0.161 e. The topological polar surface area (TPSA) is 30.5 Å². The molecule has 1 aromatic rings. The van der Waals surface area contributed by atoms with Crippen LogP contribution < -0.4 is 14.8 Å². The zero-order valence-corrected chi connectivity index (χ0v) is 9.79. The number of aryl methyl sites for hydroxylation is 1. The molecule has 1 aromatic carbocycles. The SMILES string of the molecule is CNCCCc1ccc2c(c1)OCCCO2. The van der Waals surface area contributed by atoms with E-state index in [4.69, 9.17) is 9.47 Å². The van der Waals surface area contributed by atoms with Crippen molar-refractivity contribution in [2.75, 3.05) is 26.8 Å². The summed E-state index contributed by atoms with van der Waals surface area (Å²) in [4.78, 5) is 0. The van der Waals surface area contributed by atoms with Crippen LogP contribution in [0.1, 0.15) is 18.4 Å². The highest BCUT2D eigenvalue weighted by molar-refractivity contribution is 5.43. The summed E-state index contributed by atoms with van der Waals surface area (Å²) in [6.07, 6.45) is 3.19. The number of fused-ring (bicyclic) bond motifs is 1. The molecule has 3 heteroatoms. The minimum atomic E-state index is 0.756. The van der Waals surface area contributed by atoms with Gasteiger partial charge in [0.25, 0.3) is 0 Å². The fourth-order valence-electron chi connectivity index (χ4n) is 1.83. The molecule has 0 amide bonds. The quantitative estimate of drug-likeness (QED) is 0.789. The lowest BCUT2D eigenvalue weighted by atomic mass is 10.1. The van der Waals surface area contributed by atoms with Crippen LogP contribution in [0.25, 0.3) is 0 Å². The second kappa shape index (κ2) is 5.75. The van der Waals surface area contributed by atoms with Crippen LogP contribution in [0.2, 0.25) is 0 Å². The summed E-state index contributed by atoms with van der Waals surface area (Å²) < 4.78 is 11.2. The van der Waals surface area contributed by atoms with Gasteiger partial charge in [-0.3, -0.25) is 0 Å². The Morgan fingerprint density at radius 3 is 2.81 bits per heavy atom. The molecule has 0 atom stereocenters. The van der Waals surface area contributed by atoms with E-state index >= 15 is 0 Å². The number of hydrogen-bond acceptors (Lipinski definition) is 3. The van der Waals surface area contributed by atoms with Crippen LogP contribution in [-0.2, 0) is 6.42 Å². The lowest BCUT2D eigenvalue weighted by Crippen LogP contribution is -2.08. The first-order valence-corrected chi connectivity index (χ1v) is 5.93. The fourth-order valence-corrected chi connectivity index (χ4v) is 1.83. The van der Waals surface area contributed by atoms with Gasteiger partial charge in [-0.25, -0.2) is 0 Å².